The molecule has 4 nitrogen and oxygen atoms in total. The Morgan fingerprint density at radius 3 is 1.27 bits per heavy atom. The minimum atomic E-state index is -1.06. The van der Waals surface area contributed by atoms with Crippen LogP contribution in [0.25, 0.3) is 0 Å². The molecule has 41 heavy (non-hydrogen) atoms. The van der Waals surface area contributed by atoms with Gasteiger partial charge in [0.2, 0.25) is 0 Å². The van der Waals surface area contributed by atoms with Crippen molar-refractivity contribution >= 4 is 5.78 Å². The average Bonchev–Trinajstić information content (AvgIpc) is 2.97. The van der Waals surface area contributed by atoms with Gasteiger partial charge in [-0.05, 0) is 32.4 Å². The van der Waals surface area contributed by atoms with E-state index in [1.165, 1.54) is 148 Å². The summed E-state index contributed by atoms with van der Waals surface area (Å²) in [7, 11) is 1.68. The lowest BCUT2D eigenvalue weighted by molar-refractivity contribution is -0.121. The van der Waals surface area contributed by atoms with Gasteiger partial charge in [0.15, 0.2) is 5.78 Å². The molecule has 0 bridgehead atoms. The van der Waals surface area contributed by atoms with Gasteiger partial charge in [0.25, 0.3) is 0 Å². The van der Waals surface area contributed by atoms with Crippen molar-refractivity contribution in [3.8, 4) is 0 Å². The van der Waals surface area contributed by atoms with Crippen molar-refractivity contribution in [1.82, 2.24) is 5.32 Å². The number of carbonyl (C=O) groups is 1. The van der Waals surface area contributed by atoms with Crippen LogP contribution in [-0.2, 0) is 4.79 Å². The summed E-state index contributed by atoms with van der Waals surface area (Å²) in [5.74, 6) is -0.140. The van der Waals surface area contributed by atoms with Crippen LogP contribution < -0.4 is 5.32 Å². The Morgan fingerprint density at radius 1 is 0.561 bits per heavy atom. The van der Waals surface area contributed by atoms with Gasteiger partial charge in [-0.15, -0.1) is 0 Å². The molecule has 0 saturated carbocycles. The van der Waals surface area contributed by atoms with Gasteiger partial charge in [-0.3, -0.25) is 4.79 Å². The summed E-state index contributed by atoms with van der Waals surface area (Å²) in [6.45, 7) is 4.54. The van der Waals surface area contributed by atoms with Gasteiger partial charge in [-0.25, -0.2) is 0 Å². The van der Waals surface area contributed by atoms with Crippen LogP contribution in [0.15, 0.2) is 12.2 Å². The lowest BCUT2D eigenvalue weighted by Crippen LogP contribution is -2.49. The van der Waals surface area contributed by atoms with Crippen LogP contribution in [-0.4, -0.2) is 41.3 Å². The first-order valence-corrected chi connectivity index (χ1v) is 18.3. The summed E-state index contributed by atoms with van der Waals surface area (Å²) < 4.78 is 0. The average molecular weight is 580 g/mol. The fourth-order valence-electron chi connectivity index (χ4n) is 5.83. The molecule has 0 spiro atoms. The molecule has 0 amide bonds. The maximum absolute atomic E-state index is 12.6. The molecule has 0 aromatic carbocycles. The van der Waals surface area contributed by atoms with Crippen LogP contribution in [0, 0.1) is 0 Å². The Morgan fingerprint density at radius 2 is 0.902 bits per heavy atom. The summed E-state index contributed by atoms with van der Waals surface area (Å²) in [5.41, 5.74) is 0. The van der Waals surface area contributed by atoms with Crippen LogP contribution in [0.3, 0.4) is 0 Å². The predicted octanol–water partition coefficient (Wildman–Crippen LogP) is 10.4. The van der Waals surface area contributed by atoms with E-state index in [1.54, 1.807) is 13.1 Å². The molecular weight excluding hydrogens is 506 g/mol. The highest BCUT2D eigenvalue weighted by Crippen LogP contribution is 2.16. The monoisotopic (exact) mass is 580 g/mol. The van der Waals surface area contributed by atoms with Crippen LogP contribution in [0.2, 0.25) is 0 Å². The fraction of sp³-hybridized carbons (Fsp3) is 0.919. The van der Waals surface area contributed by atoms with Crippen molar-refractivity contribution in [3.05, 3.63) is 12.2 Å². The molecule has 0 saturated heterocycles. The summed E-state index contributed by atoms with van der Waals surface area (Å²) in [4.78, 5) is 12.6. The smallest absolute Gasteiger partial charge is 0.174 e. The molecule has 0 fully saturated rings. The Labute approximate surface area is 256 Å². The quantitative estimate of drug-likeness (QED) is 0.0534. The molecule has 3 unspecified atom stereocenters. The lowest BCUT2D eigenvalue weighted by atomic mass is 9.96. The third-order valence-electron chi connectivity index (χ3n) is 8.71. The minimum absolute atomic E-state index is 0.140. The number of likely N-dealkylation sites (N-methyl/N-ethyl adjacent to an activating group) is 1. The maximum Gasteiger partial charge on any atom is 0.174 e. The molecule has 0 aliphatic rings. The highest BCUT2D eigenvalue weighted by atomic mass is 16.3. The summed E-state index contributed by atoms with van der Waals surface area (Å²) in [6, 6.07) is -0.741. The molecule has 4 heteroatoms. The Bertz CT molecular complexity index is 564. The number of unbranched alkanes of at least 4 members (excludes halogenated alkanes) is 25. The van der Waals surface area contributed by atoms with Gasteiger partial charge in [0, 0.05) is 0 Å². The first-order chi connectivity index (χ1) is 20.1. The SMILES string of the molecule is CCCCCCCCCCCCCC=CC(=O)C(NC)C(O)C(O)CCCCCCCCCCCCCCCCC. The molecule has 0 aromatic rings. The summed E-state index contributed by atoms with van der Waals surface area (Å²) in [6.07, 6.45) is 37.2. The van der Waals surface area contributed by atoms with Crippen LogP contribution in [0.1, 0.15) is 194 Å². The Balaban J connectivity index is 3.75. The summed E-state index contributed by atoms with van der Waals surface area (Å²) >= 11 is 0. The second kappa shape index (κ2) is 32.2. The first-order valence-electron chi connectivity index (χ1n) is 18.3. The van der Waals surface area contributed by atoms with E-state index in [2.05, 4.69) is 19.2 Å². The number of ketones is 1. The highest BCUT2D eigenvalue weighted by molar-refractivity contribution is 5.94. The van der Waals surface area contributed by atoms with Crippen molar-refractivity contribution in [2.45, 2.75) is 212 Å². The van der Waals surface area contributed by atoms with Crippen LogP contribution in [0.4, 0.5) is 0 Å². The number of aliphatic hydroxyl groups is 2. The van der Waals surface area contributed by atoms with E-state index >= 15 is 0 Å². The second-order valence-electron chi connectivity index (χ2n) is 12.7. The Kier molecular flexibility index (Phi) is 31.7. The molecule has 0 aliphatic heterocycles. The fourth-order valence-corrected chi connectivity index (χ4v) is 5.83. The van der Waals surface area contributed by atoms with Gasteiger partial charge in [-0.1, -0.05) is 180 Å². The number of allylic oxidation sites excluding steroid dienone is 1. The Hall–Kier alpha value is -0.710. The van der Waals surface area contributed by atoms with Crippen molar-refractivity contribution in [1.29, 1.82) is 0 Å². The maximum atomic E-state index is 12.6. The van der Waals surface area contributed by atoms with E-state index in [4.69, 9.17) is 0 Å². The first kappa shape index (κ1) is 40.3. The van der Waals surface area contributed by atoms with Crippen molar-refractivity contribution < 1.29 is 15.0 Å². The number of carbonyl (C=O) groups excluding carboxylic acids is 1. The predicted molar refractivity (Wildman–Crippen MR) is 180 cm³/mol. The number of rotatable bonds is 33. The van der Waals surface area contributed by atoms with Gasteiger partial charge >= 0.3 is 0 Å². The zero-order valence-corrected chi connectivity index (χ0v) is 28.0. The lowest BCUT2D eigenvalue weighted by Gasteiger charge is -2.24. The van der Waals surface area contributed by atoms with Crippen LogP contribution >= 0.6 is 0 Å². The normalized spacial score (nSPS) is 14.1. The van der Waals surface area contributed by atoms with E-state index < -0.39 is 18.2 Å². The van der Waals surface area contributed by atoms with E-state index in [0.29, 0.717) is 6.42 Å². The third-order valence-corrected chi connectivity index (χ3v) is 8.71. The molecule has 0 aliphatic carbocycles. The molecule has 244 valence electrons. The largest absolute Gasteiger partial charge is 0.390 e. The number of hydrogen-bond acceptors (Lipinski definition) is 4. The third kappa shape index (κ3) is 26.6. The molecule has 0 aromatic heterocycles. The molecule has 0 rings (SSSR count). The van der Waals surface area contributed by atoms with E-state index in [9.17, 15) is 15.0 Å². The topological polar surface area (TPSA) is 69.6 Å². The van der Waals surface area contributed by atoms with Crippen molar-refractivity contribution in [2.24, 2.45) is 0 Å². The van der Waals surface area contributed by atoms with E-state index in [0.717, 1.165) is 25.7 Å². The van der Waals surface area contributed by atoms with Gasteiger partial charge < -0.3 is 15.5 Å². The zero-order chi connectivity index (χ0) is 30.2. The summed E-state index contributed by atoms with van der Waals surface area (Å²) in [5, 5.41) is 24.0. The molecule has 3 atom stereocenters. The number of hydrogen-bond donors (Lipinski definition) is 3. The van der Waals surface area contributed by atoms with Crippen LogP contribution in [0.5, 0.6) is 0 Å². The van der Waals surface area contributed by atoms with Gasteiger partial charge in [0.1, 0.15) is 6.10 Å². The molecular formula is C37H73NO3. The molecule has 3 N–H and O–H groups in total. The van der Waals surface area contributed by atoms with Crippen molar-refractivity contribution in [3.63, 3.8) is 0 Å². The molecule has 0 heterocycles. The van der Waals surface area contributed by atoms with Gasteiger partial charge in [0.05, 0.1) is 12.1 Å². The van der Waals surface area contributed by atoms with Crippen molar-refractivity contribution in [2.75, 3.05) is 7.05 Å². The number of nitrogens with one attached hydrogen (secondary N) is 1. The number of aliphatic hydroxyl groups excluding tert-OH is 2. The van der Waals surface area contributed by atoms with E-state index in [-0.39, 0.29) is 5.78 Å². The zero-order valence-electron chi connectivity index (χ0n) is 28.0. The molecule has 0 radical (unpaired) electrons. The second-order valence-corrected chi connectivity index (χ2v) is 12.7. The highest BCUT2D eigenvalue weighted by Gasteiger charge is 2.29. The minimum Gasteiger partial charge on any atom is -0.390 e. The standard InChI is InChI=1S/C37H73NO3/c1-4-6-8-10-12-14-16-18-19-21-23-25-27-29-31-33-35(40)37(41)36(38-3)34(39)32-30-28-26-24-22-20-17-15-13-11-9-7-5-2/h30,32,35-38,40-41H,4-29,31,33H2,1-3H3. The van der Waals surface area contributed by atoms with E-state index in [1.807, 2.05) is 6.08 Å². The van der Waals surface area contributed by atoms with Gasteiger partial charge in [-0.2, -0.15) is 0 Å².